The second-order valence-electron chi connectivity index (χ2n) is 7.14. The lowest BCUT2D eigenvalue weighted by Crippen LogP contribution is -2.35. The number of aliphatic hydroxyl groups is 1. The highest BCUT2D eigenvalue weighted by molar-refractivity contribution is 6.30. The SMILES string of the molecule is Cc1ccc(CNC(=O)Cn2c(-c3cccc(Cl)c3)nc(C)c(CCO)c2=O)cc1. The summed E-state index contributed by atoms with van der Waals surface area (Å²) in [6.45, 7) is 3.73. The van der Waals surface area contributed by atoms with Gasteiger partial charge in [0.15, 0.2) is 0 Å². The summed E-state index contributed by atoms with van der Waals surface area (Å²) in [5.74, 6) is 0.0636. The minimum atomic E-state index is -0.336. The Kier molecular flexibility index (Phi) is 7.03. The van der Waals surface area contributed by atoms with Crippen LogP contribution in [0, 0.1) is 13.8 Å². The normalized spacial score (nSPS) is 10.8. The van der Waals surface area contributed by atoms with Gasteiger partial charge in [-0.2, -0.15) is 0 Å². The van der Waals surface area contributed by atoms with E-state index < -0.39 is 0 Å². The van der Waals surface area contributed by atoms with Crippen molar-refractivity contribution in [3.05, 3.63) is 86.3 Å². The number of carbonyl (C=O) groups excluding carboxylic acids is 1. The summed E-state index contributed by atoms with van der Waals surface area (Å²) >= 11 is 6.11. The molecule has 3 rings (SSSR count). The Labute approximate surface area is 180 Å². The lowest BCUT2D eigenvalue weighted by molar-refractivity contribution is -0.121. The maximum atomic E-state index is 13.1. The van der Waals surface area contributed by atoms with Crippen LogP contribution in [-0.2, 0) is 24.3 Å². The zero-order valence-corrected chi connectivity index (χ0v) is 17.7. The number of rotatable bonds is 7. The van der Waals surface area contributed by atoms with E-state index in [0.29, 0.717) is 34.2 Å². The third-order valence-corrected chi connectivity index (χ3v) is 5.06. The molecule has 3 aromatic rings. The highest BCUT2D eigenvalue weighted by atomic mass is 35.5. The van der Waals surface area contributed by atoms with E-state index in [1.54, 1.807) is 31.2 Å². The van der Waals surface area contributed by atoms with Crippen molar-refractivity contribution in [1.82, 2.24) is 14.9 Å². The molecule has 2 N–H and O–H groups in total. The summed E-state index contributed by atoms with van der Waals surface area (Å²) in [5, 5.41) is 12.7. The van der Waals surface area contributed by atoms with Crippen LogP contribution in [0.2, 0.25) is 5.02 Å². The molecule has 2 aromatic carbocycles. The van der Waals surface area contributed by atoms with Crippen LogP contribution in [-0.4, -0.2) is 27.2 Å². The highest BCUT2D eigenvalue weighted by Crippen LogP contribution is 2.21. The number of aromatic nitrogens is 2. The summed E-state index contributed by atoms with van der Waals surface area (Å²) in [6, 6.07) is 14.9. The third-order valence-electron chi connectivity index (χ3n) is 4.83. The zero-order chi connectivity index (χ0) is 21.7. The van der Waals surface area contributed by atoms with Crippen molar-refractivity contribution in [1.29, 1.82) is 0 Å². The molecule has 0 bridgehead atoms. The van der Waals surface area contributed by atoms with Gasteiger partial charge in [0.25, 0.3) is 5.56 Å². The number of nitrogens with zero attached hydrogens (tertiary/aromatic N) is 2. The predicted octanol–water partition coefficient (Wildman–Crippen LogP) is 3.03. The number of nitrogens with one attached hydrogen (secondary N) is 1. The van der Waals surface area contributed by atoms with E-state index in [0.717, 1.165) is 11.1 Å². The Morgan fingerprint density at radius 1 is 1.17 bits per heavy atom. The van der Waals surface area contributed by atoms with Gasteiger partial charge in [-0.05, 0) is 31.5 Å². The second kappa shape index (κ2) is 9.69. The first kappa shape index (κ1) is 21.7. The summed E-state index contributed by atoms with van der Waals surface area (Å²) in [6.07, 6.45) is 0.179. The van der Waals surface area contributed by atoms with E-state index in [-0.39, 0.29) is 31.0 Å². The molecule has 0 aliphatic carbocycles. The fourth-order valence-corrected chi connectivity index (χ4v) is 3.39. The van der Waals surface area contributed by atoms with Gasteiger partial charge in [0.1, 0.15) is 12.4 Å². The maximum Gasteiger partial charge on any atom is 0.257 e. The first-order chi connectivity index (χ1) is 14.4. The van der Waals surface area contributed by atoms with Crippen molar-refractivity contribution in [2.24, 2.45) is 0 Å². The second-order valence-corrected chi connectivity index (χ2v) is 7.57. The number of aliphatic hydroxyl groups excluding tert-OH is 1. The fourth-order valence-electron chi connectivity index (χ4n) is 3.20. The molecule has 0 radical (unpaired) electrons. The summed E-state index contributed by atoms with van der Waals surface area (Å²) in [7, 11) is 0. The maximum absolute atomic E-state index is 13.1. The number of hydrogen-bond acceptors (Lipinski definition) is 4. The van der Waals surface area contributed by atoms with Crippen LogP contribution in [0.1, 0.15) is 22.4 Å². The predicted molar refractivity (Wildman–Crippen MR) is 117 cm³/mol. The van der Waals surface area contributed by atoms with Gasteiger partial charge >= 0.3 is 0 Å². The molecule has 0 aliphatic rings. The zero-order valence-electron chi connectivity index (χ0n) is 17.0. The number of hydrogen-bond donors (Lipinski definition) is 2. The molecule has 0 spiro atoms. The molecule has 156 valence electrons. The molecule has 30 heavy (non-hydrogen) atoms. The molecule has 7 heteroatoms. The number of benzene rings is 2. The monoisotopic (exact) mass is 425 g/mol. The van der Waals surface area contributed by atoms with Crippen molar-refractivity contribution in [2.75, 3.05) is 6.61 Å². The number of amides is 1. The summed E-state index contributed by atoms with van der Waals surface area (Å²) < 4.78 is 1.34. The molecular formula is C23H24ClN3O3. The van der Waals surface area contributed by atoms with Gasteiger partial charge in [-0.15, -0.1) is 0 Å². The standard InChI is InChI=1S/C23H24ClN3O3/c1-15-6-8-17(9-7-15)13-25-21(29)14-27-22(18-4-3-5-19(24)12-18)26-16(2)20(10-11-28)23(27)30/h3-9,12,28H,10-11,13-14H2,1-2H3,(H,25,29). The van der Waals surface area contributed by atoms with E-state index in [1.165, 1.54) is 4.57 Å². The molecule has 1 amide bonds. The van der Waals surface area contributed by atoms with Crippen LogP contribution in [0.15, 0.2) is 53.3 Å². The number of halogens is 1. The molecule has 0 aliphatic heterocycles. The Bertz CT molecular complexity index is 1110. The van der Waals surface area contributed by atoms with Crippen molar-refractivity contribution < 1.29 is 9.90 Å². The topological polar surface area (TPSA) is 84.2 Å². The Morgan fingerprint density at radius 2 is 1.90 bits per heavy atom. The molecule has 0 fully saturated rings. The molecule has 0 atom stereocenters. The van der Waals surface area contributed by atoms with E-state index in [2.05, 4.69) is 10.3 Å². The van der Waals surface area contributed by atoms with Crippen molar-refractivity contribution in [3.63, 3.8) is 0 Å². The van der Waals surface area contributed by atoms with Gasteiger partial charge in [0.05, 0.1) is 0 Å². The van der Waals surface area contributed by atoms with E-state index in [4.69, 9.17) is 11.6 Å². The van der Waals surface area contributed by atoms with Gasteiger partial charge in [-0.1, -0.05) is 53.6 Å². The minimum Gasteiger partial charge on any atom is -0.396 e. The Balaban J connectivity index is 1.92. The first-order valence-corrected chi connectivity index (χ1v) is 10.1. The third kappa shape index (κ3) is 5.14. The fraction of sp³-hybridized carbons (Fsp3) is 0.261. The Hall–Kier alpha value is -2.96. The smallest absolute Gasteiger partial charge is 0.257 e. The van der Waals surface area contributed by atoms with Gasteiger partial charge in [-0.3, -0.25) is 14.2 Å². The minimum absolute atomic E-state index is 0.173. The van der Waals surface area contributed by atoms with Crippen LogP contribution >= 0.6 is 11.6 Å². The van der Waals surface area contributed by atoms with Crippen LogP contribution in [0.3, 0.4) is 0 Å². The van der Waals surface area contributed by atoms with Crippen LogP contribution in [0.4, 0.5) is 0 Å². The quantitative estimate of drug-likeness (QED) is 0.609. The van der Waals surface area contributed by atoms with Crippen LogP contribution < -0.4 is 10.9 Å². The lowest BCUT2D eigenvalue weighted by Gasteiger charge is -2.16. The molecular weight excluding hydrogens is 402 g/mol. The number of aryl methyl sites for hydroxylation is 2. The van der Waals surface area contributed by atoms with Gasteiger partial charge < -0.3 is 10.4 Å². The molecule has 6 nitrogen and oxygen atoms in total. The molecule has 0 unspecified atom stereocenters. The van der Waals surface area contributed by atoms with Crippen LogP contribution in [0.25, 0.3) is 11.4 Å². The van der Waals surface area contributed by atoms with Crippen molar-refractivity contribution in [2.45, 2.75) is 33.4 Å². The van der Waals surface area contributed by atoms with Crippen LogP contribution in [0.5, 0.6) is 0 Å². The van der Waals surface area contributed by atoms with Gasteiger partial charge in [0.2, 0.25) is 5.91 Å². The lowest BCUT2D eigenvalue weighted by atomic mass is 10.1. The summed E-state index contributed by atoms with van der Waals surface area (Å²) in [4.78, 5) is 30.3. The largest absolute Gasteiger partial charge is 0.396 e. The average Bonchev–Trinajstić information content (AvgIpc) is 2.72. The highest BCUT2D eigenvalue weighted by Gasteiger charge is 2.18. The molecule has 0 saturated heterocycles. The molecule has 0 saturated carbocycles. The molecule has 1 aromatic heterocycles. The number of carbonyl (C=O) groups is 1. The van der Waals surface area contributed by atoms with E-state index >= 15 is 0 Å². The van der Waals surface area contributed by atoms with Crippen molar-refractivity contribution in [3.8, 4) is 11.4 Å². The van der Waals surface area contributed by atoms with Crippen molar-refractivity contribution >= 4 is 17.5 Å². The van der Waals surface area contributed by atoms with E-state index in [1.807, 2.05) is 31.2 Å². The first-order valence-electron chi connectivity index (χ1n) is 9.68. The molecule has 1 heterocycles. The summed E-state index contributed by atoms with van der Waals surface area (Å²) in [5.41, 5.74) is 3.35. The van der Waals surface area contributed by atoms with Gasteiger partial charge in [0, 0.05) is 41.4 Å². The van der Waals surface area contributed by atoms with E-state index in [9.17, 15) is 14.7 Å². The van der Waals surface area contributed by atoms with Gasteiger partial charge in [-0.25, -0.2) is 4.98 Å². The average molecular weight is 426 g/mol. The Morgan fingerprint density at radius 3 is 2.57 bits per heavy atom.